The number of hydrogen-bond donors (Lipinski definition) is 1. The fraction of sp³-hybridized carbons (Fsp3) is 0.158. The first-order chi connectivity index (χ1) is 13.3. The van der Waals surface area contributed by atoms with Gasteiger partial charge in [0.1, 0.15) is 0 Å². The Kier molecular flexibility index (Phi) is 5.73. The quantitative estimate of drug-likeness (QED) is 0.619. The Bertz CT molecular complexity index is 996. The van der Waals surface area contributed by atoms with E-state index in [-0.39, 0.29) is 10.0 Å². The normalized spacial score (nSPS) is 12.5. The van der Waals surface area contributed by atoms with Gasteiger partial charge in [0, 0.05) is 34.2 Å². The van der Waals surface area contributed by atoms with Crippen molar-refractivity contribution in [3.8, 4) is 11.4 Å². The van der Waals surface area contributed by atoms with Gasteiger partial charge in [-0.2, -0.15) is 13.2 Å². The summed E-state index contributed by atoms with van der Waals surface area (Å²) in [7, 11) is 0. The molecule has 2 aromatic heterocycles. The summed E-state index contributed by atoms with van der Waals surface area (Å²) in [5.41, 5.74) is 0.118. The zero-order valence-electron chi connectivity index (χ0n) is 14.5. The van der Waals surface area contributed by atoms with E-state index in [0.29, 0.717) is 17.1 Å². The molecule has 0 aliphatic heterocycles. The predicted molar refractivity (Wildman–Crippen MR) is 100 cm³/mol. The molecule has 1 amide bonds. The lowest BCUT2D eigenvalue weighted by molar-refractivity contribution is -0.137. The van der Waals surface area contributed by atoms with Crippen LogP contribution >= 0.6 is 15.9 Å². The lowest BCUT2D eigenvalue weighted by Gasteiger charge is -2.17. The summed E-state index contributed by atoms with van der Waals surface area (Å²) < 4.78 is 39.2. The molecule has 1 aromatic carbocycles. The molecule has 3 rings (SSSR count). The second-order valence-corrected chi connectivity index (χ2v) is 6.85. The van der Waals surface area contributed by atoms with E-state index in [2.05, 4.69) is 36.2 Å². The van der Waals surface area contributed by atoms with Gasteiger partial charge in [-0.15, -0.1) is 0 Å². The minimum Gasteiger partial charge on any atom is -0.344 e. The number of amides is 1. The van der Waals surface area contributed by atoms with E-state index in [1.165, 1.54) is 6.07 Å². The Morgan fingerprint density at radius 2 is 1.75 bits per heavy atom. The Morgan fingerprint density at radius 1 is 1.07 bits per heavy atom. The van der Waals surface area contributed by atoms with Gasteiger partial charge in [0.05, 0.1) is 17.3 Å². The number of nitrogens with zero attached hydrogens (tertiary/aromatic N) is 3. The van der Waals surface area contributed by atoms with Crippen LogP contribution in [0.3, 0.4) is 0 Å². The maximum absolute atomic E-state index is 13.0. The Morgan fingerprint density at radius 3 is 2.43 bits per heavy atom. The van der Waals surface area contributed by atoms with Crippen molar-refractivity contribution in [1.29, 1.82) is 0 Å². The average Bonchev–Trinajstić information content (AvgIpc) is 2.67. The Labute approximate surface area is 167 Å². The molecule has 0 saturated carbocycles. The highest BCUT2D eigenvalue weighted by Crippen LogP contribution is 2.32. The Hall–Kier alpha value is -2.81. The molecule has 0 fully saturated rings. The SMILES string of the molecule is CC(NC(=O)c1cc(Br)cc(C(F)(F)F)c1)c1ncccc1-c1ncccn1. The van der Waals surface area contributed by atoms with Crippen LogP contribution < -0.4 is 5.32 Å². The van der Waals surface area contributed by atoms with Crippen molar-refractivity contribution in [2.75, 3.05) is 0 Å². The fourth-order valence-electron chi connectivity index (χ4n) is 2.62. The van der Waals surface area contributed by atoms with Crippen molar-refractivity contribution >= 4 is 21.8 Å². The second-order valence-electron chi connectivity index (χ2n) is 5.93. The summed E-state index contributed by atoms with van der Waals surface area (Å²) in [6.45, 7) is 1.69. The highest BCUT2D eigenvalue weighted by Gasteiger charge is 2.31. The molecule has 0 spiro atoms. The van der Waals surface area contributed by atoms with Crippen LogP contribution in [0.15, 0.2) is 59.5 Å². The first-order valence-electron chi connectivity index (χ1n) is 8.16. The van der Waals surface area contributed by atoms with Crippen LogP contribution in [0.1, 0.15) is 34.6 Å². The molecule has 0 aliphatic carbocycles. The number of rotatable bonds is 4. The van der Waals surface area contributed by atoms with Crippen molar-refractivity contribution in [1.82, 2.24) is 20.3 Å². The van der Waals surface area contributed by atoms with E-state index in [1.807, 2.05) is 0 Å². The summed E-state index contributed by atoms with van der Waals surface area (Å²) in [5.74, 6) is -0.210. The van der Waals surface area contributed by atoms with Crippen LogP contribution in [0.2, 0.25) is 0 Å². The van der Waals surface area contributed by atoms with Crippen LogP contribution in [0.4, 0.5) is 13.2 Å². The summed E-state index contributed by atoms with van der Waals surface area (Å²) in [5, 5.41) is 2.68. The maximum atomic E-state index is 13.0. The first kappa shape index (κ1) is 19.9. The highest BCUT2D eigenvalue weighted by molar-refractivity contribution is 9.10. The molecular formula is C19H14BrF3N4O. The van der Waals surface area contributed by atoms with Gasteiger partial charge in [-0.05, 0) is 43.3 Å². The third-order valence-electron chi connectivity index (χ3n) is 3.89. The van der Waals surface area contributed by atoms with E-state index in [0.717, 1.165) is 12.1 Å². The zero-order valence-corrected chi connectivity index (χ0v) is 16.1. The molecule has 9 heteroatoms. The smallest absolute Gasteiger partial charge is 0.344 e. The van der Waals surface area contributed by atoms with Gasteiger partial charge in [-0.3, -0.25) is 9.78 Å². The molecule has 28 heavy (non-hydrogen) atoms. The van der Waals surface area contributed by atoms with E-state index in [4.69, 9.17) is 0 Å². The predicted octanol–water partition coefficient (Wildman–Crippen LogP) is 4.81. The van der Waals surface area contributed by atoms with Gasteiger partial charge in [-0.1, -0.05) is 15.9 Å². The largest absolute Gasteiger partial charge is 0.416 e. The minimum atomic E-state index is -4.55. The third-order valence-corrected chi connectivity index (χ3v) is 4.35. The summed E-state index contributed by atoms with van der Waals surface area (Å²) >= 11 is 3.02. The standard InChI is InChI=1S/C19H14BrF3N4O/c1-11(16-15(4-2-5-24-16)17-25-6-3-7-26-17)27-18(28)12-8-13(19(21,22)23)10-14(20)9-12/h2-11H,1H3,(H,27,28). The van der Waals surface area contributed by atoms with E-state index in [9.17, 15) is 18.0 Å². The number of carbonyl (C=O) groups is 1. The van der Waals surface area contributed by atoms with Gasteiger partial charge >= 0.3 is 6.18 Å². The maximum Gasteiger partial charge on any atom is 0.416 e. The molecule has 5 nitrogen and oxygen atoms in total. The second kappa shape index (κ2) is 8.05. The molecule has 0 aliphatic rings. The van der Waals surface area contributed by atoms with Crippen LogP contribution in [0.5, 0.6) is 0 Å². The van der Waals surface area contributed by atoms with Crippen molar-refractivity contribution < 1.29 is 18.0 Å². The Balaban J connectivity index is 1.88. The van der Waals surface area contributed by atoms with Gasteiger partial charge < -0.3 is 5.32 Å². The number of aromatic nitrogens is 3. The van der Waals surface area contributed by atoms with Crippen LogP contribution in [-0.2, 0) is 6.18 Å². The fourth-order valence-corrected chi connectivity index (χ4v) is 3.12. The van der Waals surface area contributed by atoms with Crippen molar-refractivity contribution in [3.05, 3.63) is 76.3 Å². The van der Waals surface area contributed by atoms with Gasteiger partial charge in [-0.25, -0.2) is 9.97 Å². The van der Waals surface area contributed by atoms with Gasteiger partial charge in [0.2, 0.25) is 0 Å². The molecule has 1 unspecified atom stereocenters. The summed E-state index contributed by atoms with van der Waals surface area (Å²) in [6.07, 6.45) is 0.180. The first-order valence-corrected chi connectivity index (χ1v) is 8.96. The highest BCUT2D eigenvalue weighted by atomic mass is 79.9. The molecule has 0 radical (unpaired) electrons. The van der Waals surface area contributed by atoms with Crippen LogP contribution in [0.25, 0.3) is 11.4 Å². The molecule has 1 N–H and O–H groups in total. The number of pyridine rings is 1. The third kappa shape index (κ3) is 4.53. The van der Waals surface area contributed by atoms with Gasteiger partial charge in [0.15, 0.2) is 5.82 Å². The molecule has 3 aromatic rings. The minimum absolute atomic E-state index is 0.109. The number of halogens is 4. The van der Waals surface area contributed by atoms with Crippen molar-refractivity contribution in [3.63, 3.8) is 0 Å². The molecule has 2 heterocycles. The van der Waals surface area contributed by atoms with E-state index >= 15 is 0 Å². The number of carbonyl (C=O) groups excluding carboxylic acids is 1. The number of hydrogen-bond acceptors (Lipinski definition) is 4. The zero-order chi connectivity index (χ0) is 20.3. The molecule has 1 atom stereocenters. The van der Waals surface area contributed by atoms with Gasteiger partial charge in [0.25, 0.3) is 5.91 Å². The van der Waals surface area contributed by atoms with Crippen LogP contribution in [0, 0.1) is 0 Å². The molecular weight excluding hydrogens is 437 g/mol. The molecule has 0 bridgehead atoms. The lowest BCUT2D eigenvalue weighted by Crippen LogP contribution is -2.28. The average molecular weight is 451 g/mol. The number of benzene rings is 1. The summed E-state index contributed by atoms with van der Waals surface area (Å²) in [6, 6.07) is 7.64. The van der Waals surface area contributed by atoms with E-state index < -0.39 is 23.7 Å². The van der Waals surface area contributed by atoms with Crippen molar-refractivity contribution in [2.24, 2.45) is 0 Å². The topological polar surface area (TPSA) is 67.8 Å². The molecule has 0 saturated heterocycles. The molecule has 144 valence electrons. The monoisotopic (exact) mass is 450 g/mol. The van der Waals surface area contributed by atoms with E-state index in [1.54, 1.807) is 43.7 Å². The van der Waals surface area contributed by atoms with Crippen LogP contribution in [-0.4, -0.2) is 20.9 Å². The lowest BCUT2D eigenvalue weighted by atomic mass is 10.1. The number of nitrogens with one attached hydrogen (secondary N) is 1. The summed E-state index contributed by atoms with van der Waals surface area (Å²) in [4.78, 5) is 25.2. The number of alkyl halides is 3. The van der Waals surface area contributed by atoms with Crippen molar-refractivity contribution in [2.45, 2.75) is 19.1 Å².